The van der Waals surface area contributed by atoms with Gasteiger partial charge in [-0.3, -0.25) is 9.78 Å². The molecule has 3 rings (SSSR count). The summed E-state index contributed by atoms with van der Waals surface area (Å²) in [6, 6.07) is 9.75. The van der Waals surface area contributed by atoms with Gasteiger partial charge in [-0.2, -0.15) is 0 Å². The number of Topliss-reactive ketones (excluding diaryl/α,β-unsaturated/α-hetero) is 1. The first-order chi connectivity index (χ1) is 12.2. The molecule has 0 aliphatic heterocycles. The number of fused-ring (bicyclic) bond motifs is 1. The molecule has 2 N–H and O–H groups in total. The van der Waals surface area contributed by atoms with E-state index in [4.69, 9.17) is 15.5 Å². The third kappa shape index (κ3) is 3.33. The summed E-state index contributed by atoms with van der Waals surface area (Å²) < 4.78 is 5.55. The molecule has 0 atom stereocenters. The number of nitrogens with two attached hydrogens (primary N) is 1. The highest BCUT2D eigenvalue weighted by Crippen LogP contribution is 2.32. The van der Waals surface area contributed by atoms with Crippen molar-refractivity contribution in [3.63, 3.8) is 0 Å². The Balaban J connectivity index is 2.03. The lowest BCUT2D eigenvalue weighted by molar-refractivity contribution is 0.0971. The van der Waals surface area contributed by atoms with Crippen molar-refractivity contribution in [1.82, 2.24) is 4.98 Å². The average Bonchev–Trinajstić information content (AvgIpc) is 2.65. The van der Waals surface area contributed by atoms with Crippen LogP contribution in [0.4, 0.5) is 0 Å². The number of benzene rings is 1. The number of hydrogen-bond acceptors (Lipinski definition) is 4. The first-order valence-electron chi connectivity index (χ1n) is 8.44. The maximum Gasteiger partial charge on any atom is 0.164 e. The molecule has 25 heavy (non-hydrogen) atoms. The Morgan fingerprint density at radius 2 is 2.08 bits per heavy atom. The molecule has 0 bridgehead atoms. The number of ketones is 1. The lowest BCUT2D eigenvalue weighted by Crippen LogP contribution is -2.12. The van der Waals surface area contributed by atoms with Crippen molar-refractivity contribution >= 4 is 11.4 Å². The van der Waals surface area contributed by atoms with Gasteiger partial charge in [0.2, 0.25) is 0 Å². The molecular weight excluding hydrogens is 312 g/mol. The fraction of sp³-hybridized carbons (Fsp3) is 0.238. The van der Waals surface area contributed by atoms with Gasteiger partial charge in [0.25, 0.3) is 0 Å². The predicted molar refractivity (Wildman–Crippen MR) is 100 cm³/mol. The zero-order chi connectivity index (χ0) is 17.8. The molecular formula is C21H22N2O2. The highest BCUT2D eigenvalue weighted by molar-refractivity contribution is 5.98. The SMILES string of the molecule is C/C=C\C(=C/N)c1ccc(-c2ccc3c(n2)CCCC3=O)cc1OC. The molecule has 1 heterocycles. The first-order valence-corrected chi connectivity index (χ1v) is 8.44. The average molecular weight is 334 g/mol. The molecule has 4 nitrogen and oxygen atoms in total. The number of ether oxygens (including phenoxy) is 1. The van der Waals surface area contributed by atoms with E-state index in [9.17, 15) is 4.79 Å². The number of carbonyl (C=O) groups is 1. The lowest BCUT2D eigenvalue weighted by atomic mass is 9.93. The summed E-state index contributed by atoms with van der Waals surface area (Å²) in [7, 11) is 1.64. The monoisotopic (exact) mass is 334 g/mol. The third-order valence-electron chi connectivity index (χ3n) is 4.43. The maximum atomic E-state index is 12.0. The van der Waals surface area contributed by atoms with E-state index in [1.165, 1.54) is 0 Å². The summed E-state index contributed by atoms with van der Waals surface area (Å²) in [6.07, 6.45) is 7.80. The molecule has 1 aromatic heterocycles. The molecule has 0 radical (unpaired) electrons. The minimum Gasteiger partial charge on any atom is -0.496 e. The van der Waals surface area contributed by atoms with Crippen LogP contribution in [0.5, 0.6) is 5.75 Å². The van der Waals surface area contributed by atoms with Crippen LogP contribution in [0.15, 0.2) is 48.7 Å². The van der Waals surface area contributed by atoms with Crippen molar-refractivity contribution in [2.24, 2.45) is 5.73 Å². The number of aromatic nitrogens is 1. The van der Waals surface area contributed by atoms with Gasteiger partial charge in [-0.25, -0.2) is 0 Å². The minimum absolute atomic E-state index is 0.192. The predicted octanol–water partition coefficient (Wildman–Crippen LogP) is 4.15. The fourth-order valence-corrected chi connectivity index (χ4v) is 3.16. The van der Waals surface area contributed by atoms with Gasteiger partial charge in [0.1, 0.15) is 5.75 Å². The normalized spacial score (nSPS) is 14.6. The Hall–Kier alpha value is -2.88. The first kappa shape index (κ1) is 17.0. The van der Waals surface area contributed by atoms with E-state index in [-0.39, 0.29) is 5.78 Å². The fourth-order valence-electron chi connectivity index (χ4n) is 3.16. The third-order valence-corrected chi connectivity index (χ3v) is 4.43. The van der Waals surface area contributed by atoms with E-state index in [0.717, 1.165) is 52.2 Å². The summed E-state index contributed by atoms with van der Waals surface area (Å²) in [6.45, 7) is 1.95. The van der Waals surface area contributed by atoms with Crippen LogP contribution in [0.25, 0.3) is 16.8 Å². The Bertz CT molecular complexity index is 866. The van der Waals surface area contributed by atoms with Crippen molar-refractivity contribution in [3.8, 4) is 17.0 Å². The van der Waals surface area contributed by atoms with Crippen molar-refractivity contribution < 1.29 is 9.53 Å². The zero-order valence-electron chi connectivity index (χ0n) is 14.6. The number of allylic oxidation sites excluding steroid dienone is 3. The summed E-state index contributed by atoms with van der Waals surface area (Å²) in [5.41, 5.74) is 11.0. The topological polar surface area (TPSA) is 65.2 Å². The summed E-state index contributed by atoms with van der Waals surface area (Å²) in [5, 5.41) is 0. The van der Waals surface area contributed by atoms with Crippen LogP contribution in [0.1, 0.15) is 41.4 Å². The van der Waals surface area contributed by atoms with Crippen LogP contribution in [0.2, 0.25) is 0 Å². The second-order valence-corrected chi connectivity index (χ2v) is 6.00. The summed E-state index contributed by atoms with van der Waals surface area (Å²) in [4.78, 5) is 16.7. The van der Waals surface area contributed by atoms with E-state index < -0.39 is 0 Å². The molecule has 2 aromatic rings. The molecule has 0 saturated heterocycles. The maximum absolute atomic E-state index is 12.0. The molecule has 0 amide bonds. The van der Waals surface area contributed by atoms with E-state index in [1.807, 2.05) is 49.4 Å². The van der Waals surface area contributed by atoms with Crippen LogP contribution in [0, 0.1) is 0 Å². The van der Waals surface area contributed by atoms with Gasteiger partial charge in [0.05, 0.1) is 18.5 Å². The van der Waals surface area contributed by atoms with Crippen LogP contribution >= 0.6 is 0 Å². The van der Waals surface area contributed by atoms with E-state index in [0.29, 0.717) is 6.42 Å². The molecule has 0 fully saturated rings. The molecule has 0 unspecified atom stereocenters. The van der Waals surface area contributed by atoms with Crippen LogP contribution in [-0.4, -0.2) is 17.9 Å². The Morgan fingerprint density at radius 1 is 1.24 bits per heavy atom. The minimum atomic E-state index is 0.192. The van der Waals surface area contributed by atoms with Crippen molar-refractivity contribution in [1.29, 1.82) is 0 Å². The number of rotatable bonds is 4. The quantitative estimate of drug-likeness (QED) is 0.853. The summed E-state index contributed by atoms with van der Waals surface area (Å²) >= 11 is 0. The molecule has 1 aliphatic rings. The van der Waals surface area contributed by atoms with Crippen molar-refractivity contribution in [3.05, 3.63) is 65.5 Å². The highest BCUT2D eigenvalue weighted by atomic mass is 16.5. The number of methoxy groups -OCH3 is 1. The van der Waals surface area contributed by atoms with Crippen molar-refractivity contribution in [2.75, 3.05) is 7.11 Å². The largest absolute Gasteiger partial charge is 0.496 e. The summed E-state index contributed by atoms with van der Waals surface area (Å²) in [5.74, 6) is 0.931. The van der Waals surface area contributed by atoms with Crippen molar-refractivity contribution in [2.45, 2.75) is 26.2 Å². The Morgan fingerprint density at radius 3 is 2.80 bits per heavy atom. The Labute approximate surface area is 148 Å². The zero-order valence-corrected chi connectivity index (χ0v) is 14.6. The smallest absolute Gasteiger partial charge is 0.164 e. The van der Waals surface area contributed by atoms with E-state index in [1.54, 1.807) is 13.3 Å². The van der Waals surface area contributed by atoms with Gasteiger partial charge < -0.3 is 10.5 Å². The van der Waals surface area contributed by atoms with Gasteiger partial charge in [0, 0.05) is 34.9 Å². The lowest BCUT2D eigenvalue weighted by Gasteiger charge is -2.15. The van der Waals surface area contributed by atoms with Gasteiger partial charge >= 0.3 is 0 Å². The number of hydrogen-bond donors (Lipinski definition) is 1. The second kappa shape index (κ2) is 7.34. The molecule has 0 saturated carbocycles. The number of carbonyl (C=O) groups excluding carboxylic acids is 1. The number of nitrogens with zero attached hydrogens (tertiary/aromatic N) is 1. The van der Waals surface area contributed by atoms with Gasteiger partial charge in [-0.15, -0.1) is 0 Å². The van der Waals surface area contributed by atoms with Crippen LogP contribution in [-0.2, 0) is 6.42 Å². The van der Waals surface area contributed by atoms with Crippen LogP contribution in [0.3, 0.4) is 0 Å². The van der Waals surface area contributed by atoms with E-state index in [2.05, 4.69) is 0 Å². The highest BCUT2D eigenvalue weighted by Gasteiger charge is 2.19. The molecule has 1 aromatic carbocycles. The second-order valence-electron chi connectivity index (χ2n) is 6.00. The Kier molecular flexibility index (Phi) is 4.98. The van der Waals surface area contributed by atoms with Crippen LogP contribution < -0.4 is 10.5 Å². The molecule has 1 aliphatic carbocycles. The molecule has 4 heteroatoms. The van der Waals surface area contributed by atoms with Gasteiger partial charge in [0.15, 0.2) is 5.78 Å². The molecule has 0 spiro atoms. The van der Waals surface area contributed by atoms with E-state index >= 15 is 0 Å². The van der Waals surface area contributed by atoms with Gasteiger partial charge in [-0.1, -0.05) is 18.2 Å². The number of aryl methyl sites for hydroxylation is 1. The standard InChI is InChI=1S/C21H22N2O2/c1-3-5-15(13-22)16-9-8-14(12-21(16)25-2)18-11-10-17-19(23-18)6-4-7-20(17)24/h3,5,8-13H,4,6-7,22H2,1-2H3/b5-3-,15-13+. The number of pyridine rings is 1. The van der Waals surface area contributed by atoms with Gasteiger partial charge in [-0.05, 0) is 44.0 Å². The molecule has 128 valence electrons.